The predicted octanol–water partition coefficient (Wildman–Crippen LogP) is -2.84. The van der Waals surface area contributed by atoms with Crippen LogP contribution in [0.1, 0.15) is 39.5 Å². The standard InChI is InChI=1S/C10H15NO6.C6H14N2.Pt/c1-5(2)6-7(12)11(4-17-3)10(6,8(13)14)9(15)16;7-5-3-1-2-4-6(5)8;/h5-6H,4H2,1-3H3,(H,13,14)(H,15,16);5-6H,1-4,7-8H2;/q;;+2/p-2/t;5-,6-;/m.1./s1. The second kappa shape index (κ2) is 10.3. The van der Waals surface area contributed by atoms with Gasteiger partial charge in [0.05, 0.1) is 17.9 Å². The first-order valence-electron chi connectivity index (χ1n) is 8.36. The number of hydrogen-bond acceptors (Lipinski definition) is 8. The van der Waals surface area contributed by atoms with Crippen molar-refractivity contribution in [2.24, 2.45) is 23.3 Å². The average Bonchev–Trinajstić information content (AvgIpc) is 2.51. The number of methoxy groups -OCH3 is 1. The van der Waals surface area contributed by atoms with Crippen molar-refractivity contribution in [2.75, 3.05) is 13.8 Å². The summed E-state index contributed by atoms with van der Waals surface area (Å²) in [7, 11) is 1.23. The first-order chi connectivity index (χ1) is 11.6. The smallest absolute Gasteiger partial charge is 0.547 e. The van der Waals surface area contributed by atoms with Crippen LogP contribution in [0.2, 0.25) is 0 Å². The molecule has 0 aromatic carbocycles. The number of amides is 1. The van der Waals surface area contributed by atoms with Crippen LogP contribution in [0.3, 0.4) is 0 Å². The van der Waals surface area contributed by atoms with E-state index in [1.54, 1.807) is 13.8 Å². The summed E-state index contributed by atoms with van der Waals surface area (Å²) < 4.78 is 4.62. The molecular weight excluding hydrogens is 525 g/mol. The Kier molecular flexibility index (Phi) is 9.94. The maximum absolute atomic E-state index is 11.7. The zero-order valence-electron chi connectivity index (χ0n) is 15.2. The summed E-state index contributed by atoms with van der Waals surface area (Å²) in [5, 5.41) is 22.2. The Morgan fingerprint density at radius 2 is 1.62 bits per heavy atom. The minimum Gasteiger partial charge on any atom is -0.547 e. The summed E-state index contributed by atoms with van der Waals surface area (Å²) in [5.41, 5.74) is 8.88. The second-order valence-electron chi connectivity index (χ2n) is 6.86. The van der Waals surface area contributed by atoms with Gasteiger partial charge in [0.2, 0.25) is 5.91 Å². The van der Waals surface area contributed by atoms with Gasteiger partial charge in [-0.25, -0.2) is 0 Å². The molecule has 1 aliphatic carbocycles. The second-order valence-corrected chi connectivity index (χ2v) is 6.86. The minimum absolute atomic E-state index is 0. The summed E-state index contributed by atoms with van der Waals surface area (Å²) in [6, 6.07) is 0.562. The number of carboxylic acid groups (broad SMARTS) is 2. The fraction of sp³-hybridized carbons (Fsp3) is 0.812. The van der Waals surface area contributed by atoms with Gasteiger partial charge in [0.1, 0.15) is 12.3 Å². The Morgan fingerprint density at radius 1 is 1.19 bits per heavy atom. The number of carbonyl (C=O) groups excluding carboxylic acids is 3. The molecule has 1 amide bonds. The third-order valence-electron chi connectivity index (χ3n) is 4.83. The van der Waals surface area contributed by atoms with Crippen molar-refractivity contribution in [3.05, 3.63) is 0 Å². The van der Waals surface area contributed by atoms with Gasteiger partial charge in [0, 0.05) is 19.2 Å². The summed E-state index contributed by atoms with van der Waals surface area (Å²) in [5.74, 6) is -5.94. The van der Waals surface area contributed by atoms with E-state index in [1.165, 1.54) is 20.0 Å². The number of hydrogen-bond donors (Lipinski definition) is 2. The van der Waals surface area contributed by atoms with E-state index < -0.39 is 42.0 Å². The van der Waals surface area contributed by atoms with E-state index in [0.717, 1.165) is 12.8 Å². The van der Waals surface area contributed by atoms with E-state index in [0.29, 0.717) is 4.90 Å². The Morgan fingerprint density at radius 3 is 1.88 bits per heavy atom. The summed E-state index contributed by atoms with van der Waals surface area (Å²) in [4.78, 5) is 34.5. The normalized spacial score (nSPS) is 26.9. The Hall–Kier alpha value is -1.02. The van der Waals surface area contributed by atoms with Crippen LogP contribution >= 0.6 is 0 Å². The van der Waals surface area contributed by atoms with Gasteiger partial charge >= 0.3 is 21.1 Å². The monoisotopic (exact) mass is 552 g/mol. The molecule has 0 aromatic heterocycles. The number of rotatable bonds is 5. The molecule has 152 valence electrons. The topological polar surface area (TPSA) is 162 Å². The number of aliphatic carboxylic acids is 2. The van der Waals surface area contributed by atoms with Crippen molar-refractivity contribution in [1.82, 2.24) is 4.90 Å². The van der Waals surface area contributed by atoms with Crippen molar-refractivity contribution < 1.29 is 50.4 Å². The fourth-order valence-electron chi connectivity index (χ4n) is 3.43. The number of carbonyl (C=O) groups is 3. The van der Waals surface area contributed by atoms with E-state index in [9.17, 15) is 24.6 Å². The summed E-state index contributed by atoms with van der Waals surface area (Å²) >= 11 is 0. The Bertz CT molecular complexity index is 492. The molecule has 0 spiro atoms. The van der Waals surface area contributed by atoms with Crippen molar-refractivity contribution in [3.8, 4) is 0 Å². The van der Waals surface area contributed by atoms with E-state index >= 15 is 0 Å². The molecule has 2 aliphatic rings. The van der Waals surface area contributed by atoms with Crippen molar-refractivity contribution >= 4 is 17.8 Å². The molecule has 10 heteroatoms. The number of likely N-dealkylation sites (tertiary alicyclic amines) is 1. The van der Waals surface area contributed by atoms with Crippen LogP contribution < -0.4 is 21.7 Å². The number of β-lactam (4-membered cyclic amide) rings is 1. The molecule has 1 aliphatic heterocycles. The molecule has 1 saturated heterocycles. The molecule has 4 N–H and O–H groups in total. The molecule has 0 aromatic rings. The Labute approximate surface area is 167 Å². The molecule has 0 radical (unpaired) electrons. The zero-order chi connectivity index (χ0) is 19.4. The molecule has 2 fully saturated rings. The third kappa shape index (κ3) is 4.63. The average molecular weight is 552 g/mol. The van der Waals surface area contributed by atoms with Crippen LogP contribution in [0, 0.1) is 11.8 Å². The molecule has 1 unspecified atom stereocenters. The first-order valence-corrected chi connectivity index (χ1v) is 8.36. The molecular formula is C16H27N3O6Pt. The largest absolute Gasteiger partial charge is 2.00 e. The maximum Gasteiger partial charge on any atom is 2.00 e. The van der Waals surface area contributed by atoms with Crippen molar-refractivity contribution in [3.63, 3.8) is 0 Å². The molecule has 1 saturated carbocycles. The van der Waals surface area contributed by atoms with Crippen molar-refractivity contribution in [2.45, 2.75) is 57.2 Å². The number of nitrogens with zero attached hydrogens (tertiary/aromatic N) is 1. The van der Waals surface area contributed by atoms with E-state index in [4.69, 9.17) is 11.5 Å². The molecule has 2 rings (SSSR count). The van der Waals surface area contributed by atoms with Gasteiger partial charge in [-0.2, -0.15) is 0 Å². The van der Waals surface area contributed by atoms with E-state index in [1.807, 2.05) is 0 Å². The van der Waals surface area contributed by atoms with Gasteiger partial charge < -0.3 is 40.9 Å². The van der Waals surface area contributed by atoms with Crippen LogP contribution in [-0.2, 0) is 40.2 Å². The first kappa shape index (κ1) is 25.0. The quantitative estimate of drug-likeness (QED) is 0.272. The third-order valence-corrected chi connectivity index (χ3v) is 4.83. The molecule has 3 atom stereocenters. The SMILES string of the molecule is COCN1C(=O)C(C(C)C)C1(C(=O)[O-])C(=O)[O-].N[C@@H]1CCCC[C@H]1N.[Pt+2]. The van der Waals surface area contributed by atoms with E-state index in [2.05, 4.69) is 4.74 Å². The fourth-order valence-corrected chi connectivity index (χ4v) is 3.43. The predicted molar refractivity (Wildman–Crippen MR) is 84.2 cm³/mol. The molecule has 1 heterocycles. The van der Waals surface area contributed by atoms with E-state index in [-0.39, 0.29) is 33.1 Å². The van der Waals surface area contributed by atoms with Crippen LogP contribution in [0.4, 0.5) is 0 Å². The molecule has 0 bridgehead atoms. The maximum atomic E-state index is 11.7. The molecule has 26 heavy (non-hydrogen) atoms. The number of ether oxygens (including phenoxy) is 1. The van der Waals surface area contributed by atoms with Gasteiger partial charge in [0.25, 0.3) is 0 Å². The number of nitrogens with two attached hydrogens (primary N) is 2. The Balaban J connectivity index is 0.000000583. The van der Waals surface area contributed by atoms with Crippen LogP contribution in [0.15, 0.2) is 0 Å². The van der Waals surface area contributed by atoms with Gasteiger partial charge in [0.15, 0.2) is 0 Å². The van der Waals surface area contributed by atoms with Gasteiger partial charge in [-0.1, -0.05) is 26.7 Å². The van der Waals surface area contributed by atoms with Crippen LogP contribution in [0.5, 0.6) is 0 Å². The zero-order valence-corrected chi connectivity index (χ0v) is 17.5. The van der Waals surface area contributed by atoms with Gasteiger partial charge in [-0.3, -0.25) is 4.79 Å². The molecule has 9 nitrogen and oxygen atoms in total. The van der Waals surface area contributed by atoms with Gasteiger partial charge in [-0.15, -0.1) is 0 Å². The van der Waals surface area contributed by atoms with Crippen LogP contribution in [-0.4, -0.2) is 54.2 Å². The number of carboxylic acids is 2. The van der Waals surface area contributed by atoms with Gasteiger partial charge in [-0.05, 0) is 18.8 Å². The summed E-state index contributed by atoms with van der Waals surface area (Å²) in [6.45, 7) is 2.70. The van der Waals surface area contributed by atoms with Crippen LogP contribution in [0.25, 0.3) is 0 Å². The summed E-state index contributed by atoms with van der Waals surface area (Å²) in [6.07, 6.45) is 4.80. The van der Waals surface area contributed by atoms with Crippen molar-refractivity contribution in [1.29, 1.82) is 0 Å². The minimum atomic E-state index is -2.43.